The molecular weight excluding hydrogens is 181 g/mol. The first-order chi connectivity index (χ1) is 5.29. The van der Waals surface area contributed by atoms with Gasteiger partial charge in [-0.1, -0.05) is 12.1 Å². The van der Waals surface area contributed by atoms with Gasteiger partial charge in [-0.25, -0.2) is 0 Å². The first-order valence-electron chi connectivity index (χ1n) is 3.24. The Bertz CT molecular complexity index is 349. The normalized spacial score (nSPS) is 13.3. The first kappa shape index (κ1) is 10.1. The van der Waals surface area contributed by atoms with E-state index in [0.29, 0.717) is 11.3 Å². The molecule has 0 aromatic heterocycles. The van der Waals surface area contributed by atoms with Crippen LogP contribution in [0.2, 0.25) is 0 Å². The number of hydrogen-bond acceptors (Lipinski definition) is 2. The van der Waals surface area contributed by atoms with Gasteiger partial charge in [-0.15, -0.1) is 0 Å². The van der Waals surface area contributed by atoms with Gasteiger partial charge in [0, 0.05) is 51.4 Å². The molecular formula is C8H5KNO2. The van der Waals surface area contributed by atoms with E-state index >= 15 is 0 Å². The summed E-state index contributed by atoms with van der Waals surface area (Å²) in [5.41, 5.74) is 1.08. The Kier molecular flexibility index (Phi) is 3.20. The third-order valence-corrected chi connectivity index (χ3v) is 1.63. The monoisotopic (exact) mass is 186 g/mol. The van der Waals surface area contributed by atoms with Crippen molar-refractivity contribution in [3.8, 4) is 0 Å². The summed E-state index contributed by atoms with van der Waals surface area (Å²) in [4.78, 5) is 21.8. The Morgan fingerprint density at radius 1 is 1.08 bits per heavy atom. The Balaban J connectivity index is 0.000000720. The first-order valence-corrected chi connectivity index (χ1v) is 3.24. The van der Waals surface area contributed by atoms with E-state index in [1.165, 1.54) is 0 Å². The minimum Gasteiger partial charge on any atom is -0.318 e. The van der Waals surface area contributed by atoms with Crippen LogP contribution in [0, 0.1) is 0 Å². The zero-order chi connectivity index (χ0) is 7.84. The van der Waals surface area contributed by atoms with Gasteiger partial charge >= 0.3 is 0 Å². The molecule has 55 valence electrons. The number of benzene rings is 1. The average molecular weight is 186 g/mol. The molecule has 4 heteroatoms. The van der Waals surface area contributed by atoms with E-state index in [1.807, 2.05) is 0 Å². The van der Waals surface area contributed by atoms with Gasteiger partial charge in [-0.2, -0.15) is 0 Å². The van der Waals surface area contributed by atoms with Crippen molar-refractivity contribution in [2.45, 2.75) is 0 Å². The van der Waals surface area contributed by atoms with Crippen molar-refractivity contribution in [3.05, 3.63) is 29.8 Å². The van der Waals surface area contributed by atoms with Crippen molar-refractivity contribution in [3.63, 3.8) is 0 Å². The third kappa shape index (κ3) is 1.53. The van der Waals surface area contributed by atoms with Crippen LogP contribution in [-0.2, 0) is 4.79 Å². The number of amides is 1. The second-order valence-corrected chi connectivity index (χ2v) is 2.33. The van der Waals surface area contributed by atoms with Crippen LogP contribution in [0.1, 0.15) is 10.4 Å². The third-order valence-electron chi connectivity index (χ3n) is 1.63. The van der Waals surface area contributed by atoms with Gasteiger partial charge in [0.2, 0.25) is 0 Å². The molecule has 1 radical (unpaired) electrons. The number of carbonyl (C=O) groups excluding carboxylic acids is 2. The SMILES string of the molecule is O=C1Nc2ccccc2C1=O.[K]. The molecule has 0 atom stereocenters. The fraction of sp³-hybridized carbons (Fsp3) is 0. The second-order valence-electron chi connectivity index (χ2n) is 2.33. The molecule has 12 heavy (non-hydrogen) atoms. The van der Waals surface area contributed by atoms with Gasteiger partial charge in [0.05, 0.1) is 11.3 Å². The van der Waals surface area contributed by atoms with Crippen molar-refractivity contribution in [2.24, 2.45) is 0 Å². The summed E-state index contributed by atoms with van der Waals surface area (Å²) in [5.74, 6) is -0.980. The van der Waals surface area contributed by atoms with Crippen molar-refractivity contribution in [1.82, 2.24) is 0 Å². The molecule has 1 aromatic carbocycles. The van der Waals surface area contributed by atoms with Crippen LogP contribution < -0.4 is 5.32 Å². The predicted octanol–water partition coefficient (Wildman–Crippen LogP) is 0.441. The quantitative estimate of drug-likeness (QED) is 0.472. The molecule has 0 saturated heterocycles. The van der Waals surface area contributed by atoms with E-state index < -0.39 is 11.7 Å². The largest absolute Gasteiger partial charge is 0.318 e. The van der Waals surface area contributed by atoms with Gasteiger partial charge in [0.1, 0.15) is 0 Å². The number of anilines is 1. The summed E-state index contributed by atoms with van der Waals surface area (Å²) in [6, 6.07) is 6.85. The zero-order valence-electron chi connectivity index (χ0n) is 6.63. The molecule has 1 amide bonds. The van der Waals surface area contributed by atoms with Crippen LogP contribution >= 0.6 is 0 Å². The summed E-state index contributed by atoms with van der Waals surface area (Å²) in [5, 5.41) is 2.46. The van der Waals surface area contributed by atoms with Crippen LogP contribution in [0.5, 0.6) is 0 Å². The molecule has 2 rings (SSSR count). The minimum atomic E-state index is -0.536. The number of ketones is 1. The van der Waals surface area contributed by atoms with Gasteiger partial charge in [-0.05, 0) is 12.1 Å². The molecule has 0 aliphatic carbocycles. The summed E-state index contributed by atoms with van der Waals surface area (Å²) < 4.78 is 0. The molecule has 0 spiro atoms. The molecule has 1 aliphatic heterocycles. The van der Waals surface area contributed by atoms with Crippen molar-refractivity contribution in [1.29, 1.82) is 0 Å². The van der Waals surface area contributed by atoms with Crippen molar-refractivity contribution < 1.29 is 9.59 Å². The predicted molar refractivity (Wildman–Crippen MR) is 45.2 cm³/mol. The Morgan fingerprint density at radius 3 is 2.42 bits per heavy atom. The number of nitrogens with one attached hydrogen (secondary N) is 1. The van der Waals surface area contributed by atoms with Crippen LogP contribution in [-0.4, -0.2) is 63.1 Å². The molecule has 1 heterocycles. The van der Waals surface area contributed by atoms with E-state index in [0.717, 1.165) is 0 Å². The summed E-state index contributed by atoms with van der Waals surface area (Å²) >= 11 is 0. The summed E-state index contributed by atoms with van der Waals surface area (Å²) in [6.07, 6.45) is 0. The standard InChI is InChI=1S/C8H5NO2.K/c10-7-5-3-1-2-4-6(5)9-8(7)11;/h1-4H,(H,9,10,11);. The molecule has 1 aliphatic rings. The van der Waals surface area contributed by atoms with Crippen molar-refractivity contribution >= 4 is 68.8 Å². The van der Waals surface area contributed by atoms with E-state index in [4.69, 9.17) is 0 Å². The molecule has 3 nitrogen and oxygen atoms in total. The second kappa shape index (κ2) is 3.80. The van der Waals surface area contributed by atoms with Crippen LogP contribution in [0.25, 0.3) is 0 Å². The van der Waals surface area contributed by atoms with Crippen LogP contribution in [0.3, 0.4) is 0 Å². The molecule has 0 saturated carbocycles. The minimum absolute atomic E-state index is 0. The topological polar surface area (TPSA) is 46.2 Å². The van der Waals surface area contributed by atoms with E-state index in [1.54, 1.807) is 24.3 Å². The Morgan fingerprint density at radius 2 is 1.75 bits per heavy atom. The molecule has 0 bridgehead atoms. The average Bonchev–Trinajstić information content (AvgIpc) is 2.30. The number of carbonyl (C=O) groups is 2. The maximum Gasteiger partial charge on any atom is 0.296 e. The molecule has 0 unspecified atom stereocenters. The van der Waals surface area contributed by atoms with Gasteiger partial charge in [0.15, 0.2) is 0 Å². The van der Waals surface area contributed by atoms with Crippen LogP contribution in [0.4, 0.5) is 5.69 Å². The fourth-order valence-corrected chi connectivity index (χ4v) is 1.09. The summed E-state index contributed by atoms with van der Waals surface area (Å²) in [6.45, 7) is 0. The van der Waals surface area contributed by atoms with E-state index in [2.05, 4.69) is 5.32 Å². The Hall–Kier alpha value is -0.00364. The van der Waals surface area contributed by atoms with Gasteiger partial charge in [-0.3, -0.25) is 9.59 Å². The van der Waals surface area contributed by atoms with Gasteiger partial charge in [0.25, 0.3) is 11.7 Å². The number of fused-ring (bicyclic) bond motifs is 1. The number of rotatable bonds is 0. The zero-order valence-corrected chi connectivity index (χ0v) is 9.75. The smallest absolute Gasteiger partial charge is 0.296 e. The number of para-hydroxylation sites is 1. The fourth-order valence-electron chi connectivity index (χ4n) is 1.09. The Labute approximate surface area is 112 Å². The van der Waals surface area contributed by atoms with Gasteiger partial charge < -0.3 is 5.32 Å². The summed E-state index contributed by atoms with van der Waals surface area (Å²) in [7, 11) is 0. The number of Topliss-reactive ketones (excluding diaryl/α,β-unsaturated/α-hetero) is 1. The van der Waals surface area contributed by atoms with Crippen molar-refractivity contribution in [2.75, 3.05) is 5.32 Å². The van der Waals surface area contributed by atoms with Crippen LogP contribution in [0.15, 0.2) is 24.3 Å². The maximum absolute atomic E-state index is 11.0. The molecule has 0 fully saturated rings. The maximum atomic E-state index is 11.0. The van der Waals surface area contributed by atoms with E-state index in [9.17, 15) is 9.59 Å². The number of hydrogen-bond donors (Lipinski definition) is 1. The molecule has 1 aromatic rings. The van der Waals surface area contributed by atoms with E-state index in [-0.39, 0.29) is 51.4 Å². The molecule has 1 N–H and O–H groups in total.